The van der Waals surface area contributed by atoms with Gasteiger partial charge in [-0.1, -0.05) is 25.3 Å². The molecule has 4 nitrogen and oxygen atoms in total. The highest BCUT2D eigenvalue weighted by Crippen LogP contribution is 2.41. The Kier molecular flexibility index (Phi) is 5.86. The van der Waals surface area contributed by atoms with Gasteiger partial charge in [0.2, 0.25) is 11.8 Å². The monoisotopic (exact) mass is 388 g/mol. The van der Waals surface area contributed by atoms with Crippen molar-refractivity contribution in [3.05, 3.63) is 22.4 Å². The quantitative estimate of drug-likeness (QED) is 0.762. The normalized spacial score (nSPS) is 26.9. The van der Waals surface area contributed by atoms with Crippen molar-refractivity contribution in [1.29, 1.82) is 0 Å². The average Bonchev–Trinajstić information content (AvgIpc) is 3.35. The molecule has 2 aliphatic heterocycles. The summed E-state index contributed by atoms with van der Waals surface area (Å²) >= 11 is 1.71. The third-order valence-electron chi connectivity index (χ3n) is 6.90. The summed E-state index contributed by atoms with van der Waals surface area (Å²) in [7, 11) is 0. The Morgan fingerprint density at radius 3 is 2.78 bits per heavy atom. The number of carbonyl (C=O) groups excluding carboxylic acids is 2. The van der Waals surface area contributed by atoms with Crippen molar-refractivity contribution in [2.75, 3.05) is 26.2 Å². The summed E-state index contributed by atoms with van der Waals surface area (Å²) in [6.07, 6.45) is 10.9. The molecule has 1 saturated carbocycles. The zero-order valence-corrected chi connectivity index (χ0v) is 17.1. The maximum Gasteiger partial charge on any atom is 0.230 e. The Morgan fingerprint density at radius 2 is 2.00 bits per heavy atom. The van der Waals surface area contributed by atoms with E-state index in [9.17, 15) is 9.59 Å². The second-order valence-corrected chi connectivity index (χ2v) is 9.82. The maximum absolute atomic E-state index is 13.3. The van der Waals surface area contributed by atoms with E-state index < -0.39 is 0 Å². The van der Waals surface area contributed by atoms with Crippen LogP contribution in [0, 0.1) is 11.3 Å². The molecule has 148 valence electrons. The van der Waals surface area contributed by atoms with Crippen LogP contribution in [-0.4, -0.2) is 47.8 Å². The van der Waals surface area contributed by atoms with Crippen molar-refractivity contribution >= 4 is 23.2 Å². The van der Waals surface area contributed by atoms with Crippen molar-refractivity contribution < 1.29 is 9.59 Å². The first-order chi connectivity index (χ1) is 13.2. The molecule has 2 amide bonds. The van der Waals surface area contributed by atoms with Crippen LogP contribution in [0.5, 0.6) is 0 Å². The molecule has 1 atom stereocenters. The van der Waals surface area contributed by atoms with Crippen LogP contribution < -0.4 is 0 Å². The van der Waals surface area contributed by atoms with Gasteiger partial charge in [0.1, 0.15) is 0 Å². The third-order valence-corrected chi connectivity index (χ3v) is 7.84. The zero-order chi connectivity index (χ0) is 18.7. The molecular weight excluding hydrogens is 356 g/mol. The highest BCUT2D eigenvalue weighted by atomic mass is 32.1. The van der Waals surface area contributed by atoms with Crippen molar-refractivity contribution in [3.63, 3.8) is 0 Å². The van der Waals surface area contributed by atoms with Gasteiger partial charge in [-0.3, -0.25) is 9.59 Å². The largest absolute Gasteiger partial charge is 0.342 e. The van der Waals surface area contributed by atoms with Gasteiger partial charge in [0.25, 0.3) is 0 Å². The minimum absolute atomic E-state index is 0.220. The molecule has 0 aromatic carbocycles. The minimum atomic E-state index is -0.286. The highest BCUT2D eigenvalue weighted by molar-refractivity contribution is 7.09. The molecule has 1 aliphatic carbocycles. The van der Waals surface area contributed by atoms with Crippen LogP contribution in [0.15, 0.2) is 17.5 Å². The van der Waals surface area contributed by atoms with Gasteiger partial charge in [0.05, 0.1) is 5.41 Å². The van der Waals surface area contributed by atoms with Gasteiger partial charge in [0, 0.05) is 37.5 Å². The molecule has 0 unspecified atom stereocenters. The first kappa shape index (κ1) is 19.0. The van der Waals surface area contributed by atoms with Crippen LogP contribution in [0.2, 0.25) is 0 Å². The highest BCUT2D eigenvalue weighted by Gasteiger charge is 2.49. The van der Waals surface area contributed by atoms with Gasteiger partial charge in [-0.15, -0.1) is 11.3 Å². The number of hydrogen-bond acceptors (Lipinski definition) is 3. The number of amides is 2. The van der Waals surface area contributed by atoms with Gasteiger partial charge >= 0.3 is 0 Å². The van der Waals surface area contributed by atoms with E-state index in [1.54, 1.807) is 11.3 Å². The van der Waals surface area contributed by atoms with Gasteiger partial charge in [-0.2, -0.15) is 0 Å². The fraction of sp³-hybridized carbons (Fsp3) is 0.727. The number of hydrogen-bond donors (Lipinski definition) is 0. The molecule has 3 fully saturated rings. The molecule has 1 aromatic rings. The number of nitrogens with zero attached hydrogens (tertiary/aromatic N) is 2. The van der Waals surface area contributed by atoms with Crippen molar-refractivity contribution in [1.82, 2.24) is 9.80 Å². The van der Waals surface area contributed by atoms with Crippen molar-refractivity contribution in [2.24, 2.45) is 11.3 Å². The summed E-state index contributed by atoms with van der Waals surface area (Å²) in [5.74, 6) is 1.26. The van der Waals surface area contributed by atoms with Crippen molar-refractivity contribution in [2.45, 2.75) is 64.2 Å². The van der Waals surface area contributed by atoms with Crippen LogP contribution in [0.1, 0.15) is 62.7 Å². The molecule has 3 aliphatic rings. The summed E-state index contributed by atoms with van der Waals surface area (Å²) in [5, 5.41) is 2.06. The lowest BCUT2D eigenvalue weighted by molar-refractivity contribution is -0.147. The molecule has 1 spiro atoms. The fourth-order valence-electron chi connectivity index (χ4n) is 5.31. The van der Waals surface area contributed by atoms with Crippen molar-refractivity contribution in [3.8, 4) is 0 Å². The van der Waals surface area contributed by atoms with Crippen LogP contribution in [0.25, 0.3) is 0 Å². The second kappa shape index (κ2) is 8.34. The molecule has 2 saturated heterocycles. The molecule has 4 rings (SSSR count). The molecule has 27 heavy (non-hydrogen) atoms. The van der Waals surface area contributed by atoms with Gasteiger partial charge in [0.15, 0.2) is 0 Å². The lowest BCUT2D eigenvalue weighted by Crippen LogP contribution is -2.51. The van der Waals surface area contributed by atoms with E-state index in [0.717, 1.165) is 45.3 Å². The zero-order valence-electron chi connectivity index (χ0n) is 16.3. The Hall–Kier alpha value is -1.36. The van der Waals surface area contributed by atoms with Crippen LogP contribution in [0.4, 0.5) is 0 Å². The average molecular weight is 389 g/mol. The Morgan fingerprint density at radius 1 is 1.15 bits per heavy atom. The van der Waals surface area contributed by atoms with Crippen LogP contribution in [-0.2, 0) is 16.0 Å². The maximum atomic E-state index is 13.3. The van der Waals surface area contributed by atoms with E-state index in [1.807, 2.05) is 11.0 Å². The molecule has 0 N–H and O–H groups in total. The SMILES string of the molecule is O=C(CCc1cccs1)N1CC[C@]2(CCCN(CC3CCCCC3)C2=O)C1. The first-order valence-electron chi connectivity index (χ1n) is 10.8. The molecule has 0 bridgehead atoms. The molecule has 0 radical (unpaired) electrons. The number of carbonyl (C=O) groups is 2. The molecule has 3 heterocycles. The van der Waals surface area contributed by atoms with E-state index in [0.29, 0.717) is 24.8 Å². The Labute approximate surface area is 166 Å². The molecular formula is C22H32N2O2S. The topological polar surface area (TPSA) is 40.6 Å². The van der Waals surface area contributed by atoms with Gasteiger partial charge in [-0.25, -0.2) is 0 Å². The number of piperidine rings is 1. The smallest absolute Gasteiger partial charge is 0.230 e. The summed E-state index contributed by atoms with van der Waals surface area (Å²) in [6, 6.07) is 4.13. The summed E-state index contributed by atoms with van der Waals surface area (Å²) in [5.41, 5.74) is -0.286. The lowest BCUT2D eigenvalue weighted by Gasteiger charge is -2.41. The first-order valence-corrected chi connectivity index (χ1v) is 11.6. The third kappa shape index (κ3) is 4.23. The summed E-state index contributed by atoms with van der Waals surface area (Å²) in [6.45, 7) is 3.28. The van der Waals surface area contributed by atoms with E-state index in [4.69, 9.17) is 0 Å². The predicted molar refractivity (Wildman–Crippen MR) is 109 cm³/mol. The number of rotatable bonds is 5. The fourth-order valence-corrected chi connectivity index (χ4v) is 6.02. The van der Waals surface area contributed by atoms with E-state index >= 15 is 0 Å². The molecule has 5 heteroatoms. The predicted octanol–water partition coefficient (Wildman–Crippen LogP) is 4.10. The molecule has 1 aromatic heterocycles. The number of aryl methyl sites for hydroxylation is 1. The minimum Gasteiger partial charge on any atom is -0.342 e. The number of likely N-dealkylation sites (tertiary alicyclic amines) is 2. The van der Waals surface area contributed by atoms with Crippen LogP contribution >= 0.6 is 11.3 Å². The lowest BCUT2D eigenvalue weighted by atomic mass is 9.77. The van der Waals surface area contributed by atoms with E-state index in [-0.39, 0.29) is 11.3 Å². The van der Waals surface area contributed by atoms with E-state index in [1.165, 1.54) is 37.0 Å². The standard InChI is InChI=1S/C22H32N2O2S/c25-20(10-9-19-8-4-15-27-19)24-14-12-22(17-24)11-5-13-23(21(22)26)16-18-6-2-1-3-7-18/h4,8,15,18H,1-3,5-7,9-14,16-17H2/t22-/m1/s1. The van der Waals surface area contributed by atoms with Gasteiger partial charge < -0.3 is 9.80 Å². The second-order valence-electron chi connectivity index (χ2n) is 8.78. The Balaban J connectivity index is 1.33. The number of thiophene rings is 1. The Bertz CT molecular complexity index is 653. The van der Waals surface area contributed by atoms with Gasteiger partial charge in [-0.05, 0) is 55.9 Å². The summed E-state index contributed by atoms with van der Waals surface area (Å²) in [4.78, 5) is 31.4. The van der Waals surface area contributed by atoms with E-state index in [2.05, 4.69) is 16.3 Å². The summed E-state index contributed by atoms with van der Waals surface area (Å²) < 4.78 is 0. The van der Waals surface area contributed by atoms with Crippen LogP contribution in [0.3, 0.4) is 0 Å².